The lowest BCUT2D eigenvalue weighted by atomic mass is 10.1. The van der Waals surface area contributed by atoms with Gasteiger partial charge >= 0.3 is 0 Å². The van der Waals surface area contributed by atoms with Crippen molar-refractivity contribution < 1.29 is 9.47 Å². The molecule has 1 aromatic carbocycles. The van der Waals surface area contributed by atoms with Crippen LogP contribution in [0.1, 0.15) is 32.3 Å². The predicted molar refractivity (Wildman–Crippen MR) is 87.2 cm³/mol. The Morgan fingerprint density at radius 1 is 1.38 bits per heavy atom. The van der Waals surface area contributed by atoms with E-state index in [1.807, 2.05) is 14.1 Å². The van der Waals surface area contributed by atoms with Gasteiger partial charge in [-0.3, -0.25) is 0 Å². The normalized spacial score (nSPS) is 18.2. The molecule has 0 saturated carbocycles. The average molecular weight is 292 g/mol. The van der Waals surface area contributed by atoms with Crippen LogP contribution in [0.3, 0.4) is 0 Å². The van der Waals surface area contributed by atoms with Crippen molar-refractivity contribution >= 4 is 5.69 Å². The molecule has 4 nitrogen and oxygen atoms in total. The fraction of sp³-hybridized carbons (Fsp3) is 0.647. The molecule has 1 aliphatic rings. The molecule has 1 atom stereocenters. The zero-order valence-electron chi connectivity index (χ0n) is 13.7. The summed E-state index contributed by atoms with van der Waals surface area (Å²) in [7, 11) is 4.08. The lowest BCUT2D eigenvalue weighted by molar-refractivity contribution is 0.110. The topological polar surface area (TPSA) is 33.7 Å². The number of nitrogens with one attached hydrogen (secondary N) is 1. The molecule has 0 amide bonds. The van der Waals surface area contributed by atoms with Crippen molar-refractivity contribution in [2.24, 2.45) is 0 Å². The SMILES string of the molecule is CC(C)Oc1cc(CNCC2CCCO2)ccc1N(C)C. The van der Waals surface area contributed by atoms with Crippen molar-refractivity contribution in [2.75, 3.05) is 32.1 Å². The molecule has 0 radical (unpaired) electrons. The van der Waals surface area contributed by atoms with Crippen molar-refractivity contribution in [2.45, 2.75) is 45.4 Å². The molecule has 1 saturated heterocycles. The maximum absolute atomic E-state index is 5.93. The standard InChI is InChI=1S/C17H28N2O2/c1-13(2)21-17-10-14(7-8-16(17)19(3)4)11-18-12-15-6-5-9-20-15/h7-8,10,13,15,18H,5-6,9,11-12H2,1-4H3. The fourth-order valence-corrected chi connectivity index (χ4v) is 2.57. The van der Waals surface area contributed by atoms with Crippen molar-refractivity contribution in [1.29, 1.82) is 0 Å². The van der Waals surface area contributed by atoms with Gasteiger partial charge in [0.05, 0.1) is 17.9 Å². The largest absolute Gasteiger partial charge is 0.489 e. The summed E-state index contributed by atoms with van der Waals surface area (Å²) in [5.74, 6) is 0.950. The summed E-state index contributed by atoms with van der Waals surface area (Å²) in [5.41, 5.74) is 2.36. The molecule has 2 rings (SSSR count). The van der Waals surface area contributed by atoms with E-state index in [2.05, 4.69) is 42.3 Å². The van der Waals surface area contributed by atoms with Crippen molar-refractivity contribution in [3.63, 3.8) is 0 Å². The second-order valence-electron chi connectivity index (χ2n) is 6.13. The third kappa shape index (κ3) is 4.90. The summed E-state index contributed by atoms with van der Waals surface area (Å²) in [6, 6.07) is 6.42. The number of rotatable bonds is 7. The van der Waals surface area contributed by atoms with Gasteiger partial charge in [-0.25, -0.2) is 0 Å². The lowest BCUT2D eigenvalue weighted by Crippen LogP contribution is -2.25. The van der Waals surface area contributed by atoms with Crippen LogP contribution in [0.2, 0.25) is 0 Å². The molecule has 1 aliphatic heterocycles. The van der Waals surface area contributed by atoms with E-state index < -0.39 is 0 Å². The van der Waals surface area contributed by atoms with Crippen LogP contribution in [0, 0.1) is 0 Å². The Kier molecular flexibility index (Phi) is 5.88. The molecule has 0 bridgehead atoms. The van der Waals surface area contributed by atoms with Crippen molar-refractivity contribution in [1.82, 2.24) is 5.32 Å². The fourth-order valence-electron chi connectivity index (χ4n) is 2.57. The molecular weight excluding hydrogens is 264 g/mol. The average Bonchev–Trinajstić information content (AvgIpc) is 2.91. The molecule has 1 fully saturated rings. The van der Waals surface area contributed by atoms with E-state index in [-0.39, 0.29) is 6.10 Å². The molecule has 0 spiro atoms. The zero-order chi connectivity index (χ0) is 15.2. The summed E-state index contributed by atoms with van der Waals surface area (Å²) >= 11 is 0. The Bertz CT molecular complexity index is 440. The second kappa shape index (κ2) is 7.66. The molecular formula is C17H28N2O2. The van der Waals surface area contributed by atoms with Crippen LogP contribution in [0.15, 0.2) is 18.2 Å². The Morgan fingerprint density at radius 3 is 2.81 bits per heavy atom. The van der Waals surface area contributed by atoms with Crippen LogP contribution in [0.4, 0.5) is 5.69 Å². The van der Waals surface area contributed by atoms with Crippen LogP contribution in [-0.2, 0) is 11.3 Å². The van der Waals surface area contributed by atoms with E-state index >= 15 is 0 Å². The highest BCUT2D eigenvalue weighted by atomic mass is 16.5. The van der Waals surface area contributed by atoms with Gasteiger partial charge in [-0.2, -0.15) is 0 Å². The third-order valence-electron chi connectivity index (χ3n) is 3.59. The highest BCUT2D eigenvalue weighted by Gasteiger charge is 2.15. The van der Waals surface area contributed by atoms with Gasteiger partial charge in [0.1, 0.15) is 5.75 Å². The number of benzene rings is 1. The second-order valence-corrected chi connectivity index (χ2v) is 6.13. The van der Waals surface area contributed by atoms with E-state index in [1.54, 1.807) is 0 Å². The van der Waals surface area contributed by atoms with E-state index in [4.69, 9.17) is 9.47 Å². The van der Waals surface area contributed by atoms with Crippen LogP contribution < -0.4 is 15.0 Å². The first-order valence-electron chi connectivity index (χ1n) is 7.85. The monoisotopic (exact) mass is 292 g/mol. The number of hydrogen-bond acceptors (Lipinski definition) is 4. The molecule has 4 heteroatoms. The Labute approximate surface area is 128 Å². The number of hydrogen-bond donors (Lipinski definition) is 1. The van der Waals surface area contributed by atoms with Gasteiger partial charge in [0.2, 0.25) is 0 Å². The van der Waals surface area contributed by atoms with Crippen molar-refractivity contribution in [3.8, 4) is 5.75 Å². The van der Waals surface area contributed by atoms with Crippen LogP contribution in [0.5, 0.6) is 5.75 Å². The highest BCUT2D eigenvalue weighted by molar-refractivity contribution is 5.59. The van der Waals surface area contributed by atoms with E-state index in [9.17, 15) is 0 Å². The molecule has 1 unspecified atom stereocenters. The summed E-state index contributed by atoms with van der Waals surface area (Å²) in [6.45, 7) is 6.80. The van der Waals surface area contributed by atoms with E-state index in [0.717, 1.165) is 31.1 Å². The summed E-state index contributed by atoms with van der Waals surface area (Å²) in [6.07, 6.45) is 2.93. The minimum Gasteiger partial charge on any atom is -0.489 e. The van der Waals surface area contributed by atoms with Gasteiger partial charge in [0.15, 0.2) is 0 Å². The quantitative estimate of drug-likeness (QED) is 0.838. The van der Waals surface area contributed by atoms with E-state index in [0.29, 0.717) is 6.10 Å². The van der Waals surface area contributed by atoms with Gasteiger partial charge in [-0.15, -0.1) is 0 Å². The zero-order valence-corrected chi connectivity index (χ0v) is 13.7. The highest BCUT2D eigenvalue weighted by Crippen LogP contribution is 2.29. The van der Waals surface area contributed by atoms with Gasteiger partial charge in [0, 0.05) is 33.8 Å². The first-order chi connectivity index (χ1) is 10.1. The maximum atomic E-state index is 5.93. The Hall–Kier alpha value is -1.26. The summed E-state index contributed by atoms with van der Waals surface area (Å²) in [5, 5.41) is 3.48. The Balaban J connectivity index is 1.95. The smallest absolute Gasteiger partial charge is 0.143 e. The number of anilines is 1. The van der Waals surface area contributed by atoms with Gasteiger partial charge < -0.3 is 19.7 Å². The van der Waals surface area contributed by atoms with Crippen LogP contribution in [0.25, 0.3) is 0 Å². The van der Waals surface area contributed by atoms with Gasteiger partial charge in [-0.1, -0.05) is 6.07 Å². The van der Waals surface area contributed by atoms with E-state index in [1.165, 1.54) is 18.4 Å². The maximum Gasteiger partial charge on any atom is 0.143 e. The van der Waals surface area contributed by atoms with Gasteiger partial charge in [0.25, 0.3) is 0 Å². The predicted octanol–water partition coefficient (Wildman–Crippen LogP) is 2.81. The summed E-state index contributed by atoms with van der Waals surface area (Å²) < 4.78 is 11.6. The van der Waals surface area contributed by atoms with Crippen LogP contribution >= 0.6 is 0 Å². The molecule has 118 valence electrons. The van der Waals surface area contributed by atoms with Crippen LogP contribution in [-0.4, -0.2) is 39.5 Å². The number of nitrogens with zero attached hydrogens (tertiary/aromatic N) is 1. The third-order valence-corrected chi connectivity index (χ3v) is 3.59. The first kappa shape index (κ1) is 16.1. The molecule has 0 aromatic heterocycles. The molecule has 0 aliphatic carbocycles. The Morgan fingerprint density at radius 2 is 2.19 bits per heavy atom. The molecule has 1 heterocycles. The first-order valence-corrected chi connectivity index (χ1v) is 7.85. The molecule has 21 heavy (non-hydrogen) atoms. The lowest BCUT2D eigenvalue weighted by Gasteiger charge is -2.21. The molecule has 1 aromatic rings. The minimum absolute atomic E-state index is 0.179. The van der Waals surface area contributed by atoms with Crippen molar-refractivity contribution in [3.05, 3.63) is 23.8 Å². The summed E-state index contributed by atoms with van der Waals surface area (Å²) in [4.78, 5) is 2.08. The molecule has 1 N–H and O–H groups in total. The van der Waals surface area contributed by atoms with Gasteiger partial charge in [-0.05, 0) is 44.4 Å². The number of ether oxygens (including phenoxy) is 2. The minimum atomic E-state index is 0.179.